The van der Waals surface area contributed by atoms with Gasteiger partial charge >= 0.3 is 6.18 Å². The molecular weight excluding hydrogens is 595 g/mol. The minimum atomic E-state index is -4.35. The highest BCUT2D eigenvalue weighted by Crippen LogP contribution is 2.27. The molecule has 2 heterocycles. The van der Waals surface area contributed by atoms with E-state index in [1.165, 1.54) is 0 Å². The average Bonchev–Trinajstić information content (AvgIpc) is 3.26. The number of carbonyl (C=O) groups excluding carboxylic acids is 1. The maximum atomic E-state index is 13.2. The normalized spacial score (nSPS) is 15.1. The van der Waals surface area contributed by atoms with E-state index in [1.807, 2.05) is 78.3 Å². The van der Waals surface area contributed by atoms with Crippen LogP contribution < -0.4 is 9.64 Å². The molecular formula is C35H42F3N5O3. The number of methoxy groups -OCH3 is 1. The summed E-state index contributed by atoms with van der Waals surface area (Å²) in [5, 5.41) is 0. The zero-order chi connectivity index (χ0) is 32.5. The van der Waals surface area contributed by atoms with Crippen molar-refractivity contribution in [2.24, 2.45) is 0 Å². The number of alkyl halides is 3. The first-order valence-electron chi connectivity index (χ1n) is 15.7. The van der Waals surface area contributed by atoms with Crippen LogP contribution in [-0.2, 0) is 11.3 Å². The molecule has 1 aliphatic heterocycles. The van der Waals surface area contributed by atoms with Gasteiger partial charge in [-0.05, 0) is 67.9 Å². The molecule has 1 saturated heterocycles. The lowest BCUT2D eigenvalue weighted by atomic mass is 9.94. The predicted molar refractivity (Wildman–Crippen MR) is 174 cm³/mol. The maximum absolute atomic E-state index is 13.2. The Morgan fingerprint density at radius 3 is 2.52 bits per heavy atom. The van der Waals surface area contributed by atoms with Crippen molar-refractivity contribution in [2.45, 2.75) is 31.5 Å². The van der Waals surface area contributed by atoms with Gasteiger partial charge in [-0.2, -0.15) is 13.2 Å². The highest BCUT2D eigenvalue weighted by molar-refractivity contribution is 5.94. The molecule has 0 saturated carbocycles. The molecule has 3 aromatic carbocycles. The van der Waals surface area contributed by atoms with Crippen LogP contribution in [0.1, 0.15) is 34.7 Å². The second kappa shape index (κ2) is 15.5. The van der Waals surface area contributed by atoms with E-state index in [4.69, 9.17) is 14.5 Å². The number of hydrogen-bond acceptors (Lipinski definition) is 6. The van der Waals surface area contributed by atoms with E-state index in [1.54, 1.807) is 12.0 Å². The van der Waals surface area contributed by atoms with E-state index in [9.17, 15) is 18.0 Å². The lowest BCUT2D eigenvalue weighted by molar-refractivity contribution is -0.174. The fourth-order valence-electron chi connectivity index (χ4n) is 6.07. The third-order valence-corrected chi connectivity index (χ3v) is 8.45. The van der Waals surface area contributed by atoms with Crippen molar-refractivity contribution in [2.75, 3.05) is 71.5 Å². The van der Waals surface area contributed by atoms with Gasteiger partial charge in [-0.1, -0.05) is 42.5 Å². The van der Waals surface area contributed by atoms with Gasteiger partial charge in [-0.15, -0.1) is 0 Å². The molecule has 1 aromatic heterocycles. The Morgan fingerprint density at radius 1 is 0.957 bits per heavy atom. The summed E-state index contributed by atoms with van der Waals surface area (Å²) in [7, 11) is 3.51. The van der Waals surface area contributed by atoms with Crippen LogP contribution in [0.2, 0.25) is 0 Å². The number of fused-ring (bicyclic) bond motifs is 1. The summed E-state index contributed by atoms with van der Waals surface area (Å²) in [6, 6.07) is 25.1. The number of nitrogens with zero attached hydrogens (tertiary/aromatic N) is 5. The van der Waals surface area contributed by atoms with Gasteiger partial charge in [-0.3, -0.25) is 4.79 Å². The fraction of sp³-hybridized carbons (Fsp3) is 0.429. The minimum Gasteiger partial charge on any atom is -0.497 e. The van der Waals surface area contributed by atoms with Crippen molar-refractivity contribution in [1.82, 2.24) is 19.4 Å². The molecule has 246 valence electrons. The smallest absolute Gasteiger partial charge is 0.411 e. The number of rotatable bonds is 13. The molecule has 1 fully saturated rings. The zero-order valence-electron chi connectivity index (χ0n) is 26.5. The Labute approximate surface area is 268 Å². The van der Waals surface area contributed by atoms with Gasteiger partial charge in [0.1, 0.15) is 12.4 Å². The molecule has 0 aliphatic carbocycles. The monoisotopic (exact) mass is 637 g/mol. The van der Waals surface area contributed by atoms with Crippen molar-refractivity contribution < 1.29 is 27.4 Å². The molecule has 4 aromatic rings. The van der Waals surface area contributed by atoms with Crippen molar-refractivity contribution >= 4 is 22.9 Å². The van der Waals surface area contributed by atoms with Gasteiger partial charge in [0.2, 0.25) is 5.95 Å². The number of para-hydroxylation sites is 2. The van der Waals surface area contributed by atoms with Crippen LogP contribution in [0, 0.1) is 0 Å². The van der Waals surface area contributed by atoms with Gasteiger partial charge in [0.25, 0.3) is 5.91 Å². The SMILES string of the molecule is COc1cccc(C(CCN2CCCN(c3nc4ccccc4n3CCOCC(F)(F)F)CC2)CN(C)C(=O)c2ccccc2)c1. The van der Waals surface area contributed by atoms with Crippen LogP contribution in [0.15, 0.2) is 78.9 Å². The molecule has 0 radical (unpaired) electrons. The summed E-state index contributed by atoms with van der Waals surface area (Å²) in [4.78, 5) is 24.6. The van der Waals surface area contributed by atoms with Crippen molar-refractivity contribution in [3.63, 3.8) is 0 Å². The van der Waals surface area contributed by atoms with Gasteiger partial charge < -0.3 is 28.7 Å². The maximum Gasteiger partial charge on any atom is 0.411 e. The summed E-state index contributed by atoms with van der Waals surface area (Å²) in [6.07, 6.45) is -2.58. The topological polar surface area (TPSA) is 63.1 Å². The Morgan fingerprint density at radius 2 is 1.74 bits per heavy atom. The standard InChI is InChI=1S/C35H42F3N5O3/c1-40(33(44)27-10-4-3-5-11-27)25-29(28-12-8-13-30(24-28)45-2)16-19-41-17-9-18-42(21-20-41)34-39-31-14-6-7-15-32(31)43(34)22-23-46-26-35(36,37)38/h3-8,10-15,24,29H,9,16-23,25-26H2,1-2H3. The van der Waals surface area contributed by atoms with E-state index in [0.717, 1.165) is 73.9 Å². The molecule has 5 rings (SSSR count). The summed E-state index contributed by atoms with van der Waals surface area (Å²) in [5.41, 5.74) is 3.49. The molecule has 1 atom stereocenters. The molecule has 0 spiro atoms. The van der Waals surface area contributed by atoms with Gasteiger partial charge in [0, 0.05) is 51.3 Å². The first-order valence-corrected chi connectivity index (χ1v) is 15.7. The quantitative estimate of drug-likeness (QED) is 0.166. The zero-order valence-corrected chi connectivity index (χ0v) is 26.5. The number of likely N-dealkylation sites (N-methyl/N-ethyl adjacent to an activating group) is 1. The number of hydrogen-bond donors (Lipinski definition) is 0. The van der Waals surface area contributed by atoms with E-state index in [2.05, 4.69) is 21.9 Å². The van der Waals surface area contributed by atoms with Crippen molar-refractivity contribution in [3.05, 3.63) is 90.0 Å². The third-order valence-electron chi connectivity index (χ3n) is 8.45. The second-order valence-corrected chi connectivity index (χ2v) is 11.7. The van der Waals surface area contributed by atoms with Crippen molar-refractivity contribution in [1.29, 1.82) is 0 Å². The summed E-state index contributed by atoms with van der Waals surface area (Å²) in [6.45, 7) is 3.64. The number of benzene rings is 3. The van der Waals surface area contributed by atoms with Crippen LogP contribution in [-0.4, -0.2) is 98.1 Å². The Kier molecular flexibility index (Phi) is 11.2. The van der Waals surface area contributed by atoms with E-state index in [-0.39, 0.29) is 25.0 Å². The lowest BCUT2D eigenvalue weighted by Gasteiger charge is -2.28. The fourth-order valence-corrected chi connectivity index (χ4v) is 6.07. The van der Waals surface area contributed by atoms with Crippen LogP contribution in [0.25, 0.3) is 11.0 Å². The number of ether oxygens (including phenoxy) is 2. The molecule has 1 unspecified atom stereocenters. The Balaban J connectivity index is 1.25. The second-order valence-electron chi connectivity index (χ2n) is 11.7. The van der Waals surface area contributed by atoms with E-state index >= 15 is 0 Å². The summed E-state index contributed by atoms with van der Waals surface area (Å²) >= 11 is 0. The van der Waals surface area contributed by atoms with Crippen LogP contribution in [0.5, 0.6) is 5.75 Å². The number of amides is 1. The molecule has 0 bridgehead atoms. The summed E-state index contributed by atoms with van der Waals surface area (Å²) < 4.78 is 50.4. The van der Waals surface area contributed by atoms with Gasteiger partial charge in [0.05, 0.1) is 24.8 Å². The van der Waals surface area contributed by atoms with Crippen molar-refractivity contribution in [3.8, 4) is 5.75 Å². The highest BCUT2D eigenvalue weighted by atomic mass is 19.4. The molecule has 1 aliphatic rings. The van der Waals surface area contributed by atoms with Gasteiger partial charge in [0.15, 0.2) is 0 Å². The van der Waals surface area contributed by atoms with Crippen LogP contribution in [0.3, 0.4) is 0 Å². The van der Waals surface area contributed by atoms with Crippen LogP contribution >= 0.6 is 0 Å². The predicted octanol–water partition coefficient (Wildman–Crippen LogP) is 6.08. The molecule has 1 amide bonds. The van der Waals surface area contributed by atoms with Crippen LogP contribution in [0.4, 0.5) is 19.1 Å². The van der Waals surface area contributed by atoms with E-state index in [0.29, 0.717) is 12.1 Å². The number of carbonyl (C=O) groups is 1. The lowest BCUT2D eigenvalue weighted by Crippen LogP contribution is -2.35. The molecule has 0 N–H and O–H groups in total. The first-order chi connectivity index (χ1) is 22.2. The third kappa shape index (κ3) is 8.79. The molecule has 8 nitrogen and oxygen atoms in total. The first kappa shape index (κ1) is 33.3. The highest BCUT2D eigenvalue weighted by Gasteiger charge is 2.28. The Bertz CT molecular complexity index is 1560. The number of anilines is 1. The molecule has 46 heavy (non-hydrogen) atoms. The largest absolute Gasteiger partial charge is 0.497 e. The number of aromatic nitrogens is 2. The average molecular weight is 638 g/mol. The number of halogens is 3. The molecule has 11 heteroatoms. The number of imidazole rings is 1. The Hall–Kier alpha value is -4.09. The van der Waals surface area contributed by atoms with E-state index < -0.39 is 12.8 Å². The minimum absolute atomic E-state index is 0.00870. The van der Waals surface area contributed by atoms with Gasteiger partial charge in [-0.25, -0.2) is 4.98 Å². The summed E-state index contributed by atoms with van der Waals surface area (Å²) in [5.74, 6) is 1.64.